The van der Waals surface area contributed by atoms with Crippen LogP contribution in [0.4, 0.5) is 0 Å². The van der Waals surface area contributed by atoms with Crippen molar-refractivity contribution in [2.24, 2.45) is 11.7 Å². The van der Waals surface area contributed by atoms with E-state index in [9.17, 15) is 4.79 Å². The molecule has 1 saturated carbocycles. The Labute approximate surface area is 109 Å². The van der Waals surface area contributed by atoms with Crippen LogP contribution in [0, 0.1) is 5.92 Å². The van der Waals surface area contributed by atoms with Crippen molar-refractivity contribution in [2.45, 2.75) is 45.2 Å². The van der Waals surface area contributed by atoms with Crippen LogP contribution in [0.1, 0.15) is 49.8 Å². The minimum atomic E-state index is 0.0735. The summed E-state index contributed by atoms with van der Waals surface area (Å²) in [4.78, 5) is 11.8. The fraction of sp³-hybridized carbons (Fsp3) is 0.533. The van der Waals surface area contributed by atoms with Gasteiger partial charge in [0.15, 0.2) is 0 Å². The number of carbonyl (C=O) groups is 1. The molecule has 1 aromatic carbocycles. The van der Waals surface area contributed by atoms with E-state index in [4.69, 9.17) is 5.73 Å². The van der Waals surface area contributed by atoms with Gasteiger partial charge in [0.05, 0.1) is 6.04 Å². The number of hydrogen-bond donors (Lipinski definition) is 2. The second-order valence-corrected chi connectivity index (χ2v) is 5.24. The molecule has 1 aliphatic rings. The number of rotatable bonds is 5. The molecule has 98 valence electrons. The Balaban J connectivity index is 1.85. The molecular formula is C15H22N2O. The lowest BCUT2D eigenvalue weighted by Crippen LogP contribution is -2.29. The first-order valence-electron chi connectivity index (χ1n) is 6.77. The van der Waals surface area contributed by atoms with Crippen LogP contribution in [0.5, 0.6) is 0 Å². The standard InChI is InChI=1S/C15H22N2O/c1-11(14-7-5-13(10-16)6-8-14)17-15(18)9-12-3-2-4-12/h5-8,11-12H,2-4,9-10,16H2,1H3,(H,17,18). The first-order valence-corrected chi connectivity index (χ1v) is 6.77. The maximum absolute atomic E-state index is 11.8. The van der Waals surface area contributed by atoms with Crippen LogP contribution in [-0.4, -0.2) is 5.91 Å². The van der Waals surface area contributed by atoms with Crippen molar-refractivity contribution in [1.29, 1.82) is 0 Å². The highest BCUT2D eigenvalue weighted by atomic mass is 16.1. The van der Waals surface area contributed by atoms with Crippen molar-refractivity contribution in [3.63, 3.8) is 0 Å². The van der Waals surface area contributed by atoms with Crippen LogP contribution >= 0.6 is 0 Å². The monoisotopic (exact) mass is 246 g/mol. The fourth-order valence-corrected chi connectivity index (χ4v) is 2.29. The van der Waals surface area contributed by atoms with E-state index < -0.39 is 0 Å². The molecule has 1 unspecified atom stereocenters. The molecule has 1 aliphatic carbocycles. The summed E-state index contributed by atoms with van der Waals surface area (Å²) < 4.78 is 0. The molecule has 0 spiro atoms. The van der Waals surface area contributed by atoms with Gasteiger partial charge < -0.3 is 11.1 Å². The van der Waals surface area contributed by atoms with Crippen molar-refractivity contribution in [2.75, 3.05) is 0 Å². The molecule has 1 amide bonds. The first kappa shape index (κ1) is 13.1. The summed E-state index contributed by atoms with van der Waals surface area (Å²) in [6.07, 6.45) is 4.40. The van der Waals surface area contributed by atoms with Gasteiger partial charge in [0.2, 0.25) is 5.91 Å². The van der Waals surface area contributed by atoms with E-state index in [2.05, 4.69) is 5.32 Å². The molecule has 0 bridgehead atoms. The van der Waals surface area contributed by atoms with Gasteiger partial charge in [0, 0.05) is 13.0 Å². The number of carbonyl (C=O) groups excluding carboxylic acids is 1. The summed E-state index contributed by atoms with van der Waals surface area (Å²) in [7, 11) is 0. The van der Waals surface area contributed by atoms with E-state index in [1.54, 1.807) is 0 Å². The first-order chi connectivity index (χ1) is 8.69. The second-order valence-electron chi connectivity index (χ2n) is 5.24. The van der Waals surface area contributed by atoms with E-state index in [1.807, 2.05) is 31.2 Å². The maximum atomic E-state index is 11.8. The average Bonchev–Trinajstić information content (AvgIpc) is 2.34. The van der Waals surface area contributed by atoms with Gasteiger partial charge in [0.25, 0.3) is 0 Å². The van der Waals surface area contributed by atoms with Gasteiger partial charge in [-0.25, -0.2) is 0 Å². The van der Waals surface area contributed by atoms with Crippen LogP contribution in [0.3, 0.4) is 0 Å². The van der Waals surface area contributed by atoms with Crippen molar-refractivity contribution >= 4 is 5.91 Å². The number of nitrogens with one attached hydrogen (secondary N) is 1. The summed E-state index contributed by atoms with van der Waals surface area (Å²) in [5.41, 5.74) is 7.81. The van der Waals surface area contributed by atoms with Crippen molar-refractivity contribution in [3.05, 3.63) is 35.4 Å². The molecule has 18 heavy (non-hydrogen) atoms. The predicted molar refractivity (Wildman–Crippen MR) is 72.8 cm³/mol. The van der Waals surface area contributed by atoms with E-state index in [1.165, 1.54) is 19.3 Å². The Morgan fingerprint density at radius 1 is 1.39 bits per heavy atom. The summed E-state index contributed by atoms with van der Waals surface area (Å²) in [5.74, 6) is 0.798. The van der Waals surface area contributed by atoms with Crippen molar-refractivity contribution < 1.29 is 4.79 Å². The third-order valence-corrected chi connectivity index (χ3v) is 3.79. The quantitative estimate of drug-likeness (QED) is 0.838. The van der Waals surface area contributed by atoms with Gasteiger partial charge in [-0.3, -0.25) is 4.79 Å². The van der Waals surface area contributed by atoms with E-state index in [0.29, 0.717) is 18.9 Å². The minimum absolute atomic E-state index is 0.0735. The van der Waals surface area contributed by atoms with E-state index in [-0.39, 0.29) is 11.9 Å². The Hall–Kier alpha value is -1.35. The lowest BCUT2D eigenvalue weighted by atomic mass is 9.83. The second kappa shape index (κ2) is 6.01. The van der Waals surface area contributed by atoms with Crippen LogP contribution in [0.25, 0.3) is 0 Å². The Kier molecular flexibility index (Phi) is 4.37. The van der Waals surface area contributed by atoms with Gasteiger partial charge in [0.1, 0.15) is 0 Å². The molecule has 0 saturated heterocycles. The maximum Gasteiger partial charge on any atom is 0.220 e. The highest BCUT2D eigenvalue weighted by Gasteiger charge is 2.21. The zero-order valence-corrected chi connectivity index (χ0v) is 11.0. The third-order valence-electron chi connectivity index (χ3n) is 3.79. The smallest absolute Gasteiger partial charge is 0.220 e. The van der Waals surface area contributed by atoms with Crippen molar-refractivity contribution in [1.82, 2.24) is 5.32 Å². The molecule has 1 atom stereocenters. The summed E-state index contributed by atoms with van der Waals surface area (Å²) in [5, 5.41) is 3.06. The minimum Gasteiger partial charge on any atom is -0.350 e. The largest absolute Gasteiger partial charge is 0.350 e. The zero-order chi connectivity index (χ0) is 13.0. The molecule has 3 heteroatoms. The molecule has 2 rings (SSSR count). The summed E-state index contributed by atoms with van der Waals surface area (Å²) in [6.45, 7) is 2.58. The van der Waals surface area contributed by atoms with E-state index in [0.717, 1.165) is 11.1 Å². The zero-order valence-electron chi connectivity index (χ0n) is 11.0. The lowest BCUT2D eigenvalue weighted by Gasteiger charge is -2.25. The van der Waals surface area contributed by atoms with Gasteiger partial charge >= 0.3 is 0 Å². The Morgan fingerprint density at radius 3 is 2.56 bits per heavy atom. The Bertz CT molecular complexity index is 395. The van der Waals surface area contributed by atoms with Gasteiger partial charge in [-0.1, -0.05) is 30.7 Å². The number of amides is 1. The molecule has 3 N–H and O–H groups in total. The van der Waals surface area contributed by atoms with Crippen molar-refractivity contribution in [3.8, 4) is 0 Å². The van der Waals surface area contributed by atoms with E-state index >= 15 is 0 Å². The normalized spacial score (nSPS) is 17.0. The number of benzene rings is 1. The fourth-order valence-electron chi connectivity index (χ4n) is 2.29. The molecule has 0 heterocycles. The third kappa shape index (κ3) is 3.33. The predicted octanol–water partition coefficient (Wildman–Crippen LogP) is 2.51. The topological polar surface area (TPSA) is 55.1 Å². The highest BCUT2D eigenvalue weighted by Crippen LogP contribution is 2.29. The van der Waals surface area contributed by atoms with Crippen LogP contribution in [0.15, 0.2) is 24.3 Å². The van der Waals surface area contributed by atoms with Gasteiger partial charge in [-0.05, 0) is 36.8 Å². The van der Waals surface area contributed by atoms with Gasteiger partial charge in [-0.15, -0.1) is 0 Å². The molecule has 0 aromatic heterocycles. The van der Waals surface area contributed by atoms with Gasteiger partial charge in [-0.2, -0.15) is 0 Å². The molecule has 0 radical (unpaired) electrons. The SMILES string of the molecule is CC(NC(=O)CC1CCC1)c1ccc(CN)cc1. The van der Waals surface area contributed by atoms with Crippen LogP contribution in [0.2, 0.25) is 0 Å². The number of nitrogens with two attached hydrogens (primary N) is 1. The lowest BCUT2D eigenvalue weighted by molar-refractivity contribution is -0.123. The highest BCUT2D eigenvalue weighted by molar-refractivity contribution is 5.76. The molecule has 3 nitrogen and oxygen atoms in total. The molecule has 1 fully saturated rings. The Morgan fingerprint density at radius 2 is 2.06 bits per heavy atom. The summed E-state index contributed by atoms with van der Waals surface area (Å²) in [6, 6.07) is 8.19. The van der Waals surface area contributed by atoms with Crippen LogP contribution < -0.4 is 11.1 Å². The summed E-state index contributed by atoms with van der Waals surface area (Å²) >= 11 is 0. The van der Waals surface area contributed by atoms with Crippen LogP contribution in [-0.2, 0) is 11.3 Å². The molecule has 1 aromatic rings. The molecular weight excluding hydrogens is 224 g/mol. The number of hydrogen-bond acceptors (Lipinski definition) is 2. The average molecular weight is 246 g/mol. The molecule has 0 aliphatic heterocycles.